The van der Waals surface area contributed by atoms with E-state index in [1.54, 1.807) is 30.3 Å². The van der Waals surface area contributed by atoms with Crippen molar-refractivity contribution in [3.63, 3.8) is 0 Å². The molecule has 0 aromatic heterocycles. The smallest absolute Gasteiger partial charge is 0.277 e. The van der Waals surface area contributed by atoms with Crippen LogP contribution in [-0.2, 0) is 4.79 Å². The number of hydrogen-bond donors (Lipinski definition) is 2. The lowest BCUT2D eigenvalue weighted by molar-refractivity contribution is -0.123. The molecule has 0 fully saturated rings. The third kappa shape index (κ3) is 5.42. The molecule has 0 atom stereocenters. The molecule has 7 heteroatoms. The maximum Gasteiger partial charge on any atom is 0.277 e. The summed E-state index contributed by atoms with van der Waals surface area (Å²) in [5, 5.41) is 13.5. The van der Waals surface area contributed by atoms with E-state index in [9.17, 15) is 9.90 Å². The van der Waals surface area contributed by atoms with Gasteiger partial charge in [0.25, 0.3) is 5.91 Å². The van der Waals surface area contributed by atoms with Gasteiger partial charge in [-0.2, -0.15) is 5.10 Å². The van der Waals surface area contributed by atoms with Crippen molar-refractivity contribution in [3.05, 3.63) is 48.0 Å². The van der Waals surface area contributed by atoms with E-state index in [2.05, 4.69) is 10.5 Å². The van der Waals surface area contributed by atoms with Crippen molar-refractivity contribution < 1.29 is 24.1 Å². The van der Waals surface area contributed by atoms with E-state index in [0.29, 0.717) is 29.4 Å². The number of ether oxygens (including phenoxy) is 3. The molecule has 132 valence electrons. The molecule has 1 amide bonds. The summed E-state index contributed by atoms with van der Waals surface area (Å²) in [6, 6.07) is 11.9. The summed E-state index contributed by atoms with van der Waals surface area (Å²) in [5.41, 5.74) is 2.96. The number of phenolic OH excluding ortho intramolecular Hbond substituents is 1. The minimum Gasteiger partial charge on any atom is -0.504 e. The Kier molecular flexibility index (Phi) is 6.65. The lowest BCUT2D eigenvalue weighted by Gasteiger charge is -2.10. The molecule has 0 aliphatic carbocycles. The van der Waals surface area contributed by atoms with Gasteiger partial charge in [-0.15, -0.1) is 0 Å². The number of carbonyl (C=O) groups excluding carboxylic acids is 1. The number of para-hydroxylation sites is 2. The van der Waals surface area contributed by atoms with Gasteiger partial charge >= 0.3 is 0 Å². The third-order valence-corrected chi connectivity index (χ3v) is 3.11. The normalized spacial score (nSPS) is 10.5. The molecule has 0 aliphatic rings. The SMILES string of the molecule is CCOc1ccccc1OCC(=O)N/N=C/c1ccc(OC)c(O)c1. The molecule has 25 heavy (non-hydrogen) atoms. The molecule has 0 heterocycles. The molecular formula is C18H20N2O5. The number of hydrogen-bond acceptors (Lipinski definition) is 6. The van der Waals surface area contributed by atoms with E-state index < -0.39 is 5.91 Å². The summed E-state index contributed by atoms with van der Waals surface area (Å²) in [6.07, 6.45) is 1.41. The molecule has 2 aromatic rings. The number of rotatable bonds is 8. The molecule has 0 bridgehead atoms. The summed E-state index contributed by atoms with van der Waals surface area (Å²) in [6.45, 7) is 2.18. The fraction of sp³-hybridized carbons (Fsp3) is 0.222. The fourth-order valence-electron chi connectivity index (χ4n) is 1.99. The van der Waals surface area contributed by atoms with Crippen LogP contribution < -0.4 is 19.6 Å². The molecule has 0 radical (unpaired) electrons. The largest absolute Gasteiger partial charge is 0.504 e. The molecule has 2 N–H and O–H groups in total. The summed E-state index contributed by atoms with van der Waals surface area (Å²) < 4.78 is 15.8. The number of nitrogens with zero attached hydrogens (tertiary/aromatic N) is 1. The van der Waals surface area contributed by atoms with E-state index in [0.717, 1.165) is 0 Å². The van der Waals surface area contributed by atoms with Gasteiger partial charge in [0, 0.05) is 0 Å². The first-order chi connectivity index (χ1) is 12.1. The maximum atomic E-state index is 11.8. The zero-order valence-electron chi connectivity index (χ0n) is 14.1. The molecule has 2 rings (SSSR count). The monoisotopic (exact) mass is 344 g/mol. The van der Waals surface area contributed by atoms with Crippen molar-refractivity contribution in [2.45, 2.75) is 6.92 Å². The van der Waals surface area contributed by atoms with Crippen LogP contribution in [0.3, 0.4) is 0 Å². The Morgan fingerprint density at radius 2 is 1.88 bits per heavy atom. The predicted octanol–water partition coefficient (Wildman–Crippen LogP) is 2.33. The van der Waals surface area contributed by atoms with E-state index >= 15 is 0 Å². The minimum absolute atomic E-state index is 0.00589. The molecule has 7 nitrogen and oxygen atoms in total. The Morgan fingerprint density at radius 3 is 2.52 bits per heavy atom. The Hall–Kier alpha value is -3.22. The van der Waals surface area contributed by atoms with Crippen LogP contribution in [0.2, 0.25) is 0 Å². The fourth-order valence-corrected chi connectivity index (χ4v) is 1.99. The molecule has 0 aliphatic heterocycles. The number of nitrogens with one attached hydrogen (secondary N) is 1. The lowest BCUT2D eigenvalue weighted by Crippen LogP contribution is -2.24. The van der Waals surface area contributed by atoms with Crippen molar-refractivity contribution in [2.24, 2.45) is 5.10 Å². The number of amides is 1. The second-order valence-corrected chi connectivity index (χ2v) is 4.89. The minimum atomic E-state index is -0.416. The highest BCUT2D eigenvalue weighted by atomic mass is 16.5. The maximum absolute atomic E-state index is 11.8. The highest BCUT2D eigenvalue weighted by Gasteiger charge is 2.06. The van der Waals surface area contributed by atoms with Crippen LogP contribution in [0.5, 0.6) is 23.0 Å². The van der Waals surface area contributed by atoms with Crippen molar-refractivity contribution in [1.29, 1.82) is 0 Å². The second kappa shape index (κ2) is 9.17. The van der Waals surface area contributed by atoms with Gasteiger partial charge in [-0.3, -0.25) is 4.79 Å². The quantitative estimate of drug-likeness (QED) is 0.567. The van der Waals surface area contributed by atoms with Crippen LogP contribution >= 0.6 is 0 Å². The van der Waals surface area contributed by atoms with Crippen LogP contribution in [0.1, 0.15) is 12.5 Å². The first-order valence-electron chi connectivity index (χ1n) is 7.67. The van der Waals surface area contributed by atoms with Crippen molar-refractivity contribution in [1.82, 2.24) is 5.43 Å². The zero-order valence-corrected chi connectivity index (χ0v) is 14.1. The molecule has 0 spiro atoms. The Bertz CT molecular complexity index is 746. The Morgan fingerprint density at radius 1 is 1.16 bits per heavy atom. The Balaban J connectivity index is 1.85. The number of hydrazone groups is 1. The summed E-state index contributed by atoms with van der Waals surface area (Å²) in [4.78, 5) is 11.8. The van der Waals surface area contributed by atoms with Crippen molar-refractivity contribution in [2.75, 3.05) is 20.3 Å². The lowest BCUT2D eigenvalue weighted by atomic mass is 10.2. The van der Waals surface area contributed by atoms with Crippen LogP contribution in [0.4, 0.5) is 0 Å². The highest BCUT2D eigenvalue weighted by Crippen LogP contribution is 2.26. The van der Waals surface area contributed by atoms with Gasteiger partial charge in [0.2, 0.25) is 0 Å². The third-order valence-electron chi connectivity index (χ3n) is 3.11. The van der Waals surface area contributed by atoms with E-state index in [-0.39, 0.29) is 12.4 Å². The van der Waals surface area contributed by atoms with Gasteiger partial charge in [-0.1, -0.05) is 12.1 Å². The molecule has 2 aromatic carbocycles. The van der Waals surface area contributed by atoms with Gasteiger partial charge in [-0.05, 0) is 42.8 Å². The van der Waals surface area contributed by atoms with Gasteiger partial charge in [-0.25, -0.2) is 5.43 Å². The number of benzene rings is 2. The van der Waals surface area contributed by atoms with E-state index in [1.807, 2.05) is 13.0 Å². The van der Waals surface area contributed by atoms with E-state index in [1.165, 1.54) is 19.4 Å². The van der Waals surface area contributed by atoms with Crippen molar-refractivity contribution in [3.8, 4) is 23.0 Å². The topological polar surface area (TPSA) is 89.4 Å². The van der Waals surface area contributed by atoms with Gasteiger partial charge in [0.15, 0.2) is 29.6 Å². The number of aromatic hydroxyl groups is 1. The van der Waals surface area contributed by atoms with Crippen LogP contribution in [-0.4, -0.2) is 37.6 Å². The van der Waals surface area contributed by atoms with Gasteiger partial charge in [0.1, 0.15) is 0 Å². The van der Waals surface area contributed by atoms with Crippen LogP contribution in [0.25, 0.3) is 0 Å². The first-order valence-corrected chi connectivity index (χ1v) is 7.67. The number of carbonyl (C=O) groups is 1. The molecule has 0 saturated carbocycles. The van der Waals surface area contributed by atoms with Gasteiger partial charge in [0.05, 0.1) is 19.9 Å². The Labute approximate surface area is 145 Å². The highest BCUT2D eigenvalue weighted by molar-refractivity contribution is 5.83. The summed E-state index contributed by atoms with van der Waals surface area (Å²) in [7, 11) is 1.47. The van der Waals surface area contributed by atoms with Crippen LogP contribution in [0, 0.1) is 0 Å². The second-order valence-electron chi connectivity index (χ2n) is 4.89. The van der Waals surface area contributed by atoms with Crippen molar-refractivity contribution >= 4 is 12.1 Å². The molecule has 0 saturated heterocycles. The van der Waals surface area contributed by atoms with Crippen LogP contribution in [0.15, 0.2) is 47.6 Å². The summed E-state index contributed by atoms with van der Waals surface area (Å²) in [5.74, 6) is 1.01. The predicted molar refractivity (Wildman–Crippen MR) is 93.5 cm³/mol. The van der Waals surface area contributed by atoms with E-state index in [4.69, 9.17) is 14.2 Å². The zero-order chi connectivity index (χ0) is 18.1. The summed E-state index contributed by atoms with van der Waals surface area (Å²) >= 11 is 0. The first kappa shape index (κ1) is 18.1. The molecule has 0 unspecified atom stereocenters. The average Bonchev–Trinajstić information content (AvgIpc) is 2.61. The number of phenols is 1. The number of methoxy groups -OCH3 is 1. The molecular weight excluding hydrogens is 324 g/mol. The van der Waals surface area contributed by atoms with Gasteiger partial charge < -0.3 is 19.3 Å². The average molecular weight is 344 g/mol. The standard InChI is InChI=1S/C18H20N2O5/c1-3-24-16-6-4-5-7-17(16)25-12-18(22)20-19-11-13-8-9-15(23-2)14(21)10-13/h4-11,21H,3,12H2,1-2H3,(H,20,22)/b19-11+.